The molecule has 0 saturated heterocycles. The summed E-state index contributed by atoms with van der Waals surface area (Å²) < 4.78 is 38.3. The molecule has 1 nitrogen and oxygen atoms in total. The Kier molecular flexibility index (Phi) is 3.52. The first-order valence-electron chi connectivity index (χ1n) is 4.46. The number of hydrogen-bond donors (Lipinski definition) is 1. The van der Waals surface area contributed by atoms with Gasteiger partial charge in [0.1, 0.15) is 0 Å². The second kappa shape index (κ2) is 4.49. The molecule has 2 N–H and O–H groups in total. The zero-order valence-electron chi connectivity index (χ0n) is 8.36. The van der Waals surface area contributed by atoms with Crippen LogP contribution in [0.5, 0.6) is 0 Å². The summed E-state index contributed by atoms with van der Waals surface area (Å²) >= 11 is 0. The molecule has 0 spiro atoms. The normalized spacial score (nSPS) is 12.6. The third-order valence-corrected chi connectivity index (χ3v) is 2.00. The number of rotatable bonds is 3. The maximum absolute atomic E-state index is 12.8. The van der Waals surface area contributed by atoms with E-state index >= 15 is 0 Å². The third kappa shape index (κ3) is 2.83. The Morgan fingerprint density at radius 2 is 1.80 bits per heavy atom. The Balaban J connectivity index is 3.00. The summed E-state index contributed by atoms with van der Waals surface area (Å²) in [7, 11) is 0. The topological polar surface area (TPSA) is 26.0 Å². The Hall–Kier alpha value is -1.29. The first kappa shape index (κ1) is 11.8. The Morgan fingerprint density at radius 3 is 2.20 bits per heavy atom. The highest BCUT2D eigenvalue weighted by Crippen LogP contribution is 2.21. The van der Waals surface area contributed by atoms with E-state index in [1.807, 2.05) is 0 Å². The molecule has 0 aromatic heterocycles. The predicted octanol–water partition coefficient (Wildman–Crippen LogP) is 3.07. The zero-order chi connectivity index (χ0) is 11.6. The van der Waals surface area contributed by atoms with Gasteiger partial charge in [-0.3, -0.25) is 0 Å². The zero-order valence-corrected chi connectivity index (χ0v) is 8.36. The molecule has 0 unspecified atom stereocenters. The van der Waals surface area contributed by atoms with E-state index in [4.69, 9.17) is 5.73 Å². The third-order valence-electron chi connectivity index (χ3n) is 2.00. The lowest BCUT2D eigenvalue weighted by Crippen LogP contribution is -2.11. The summed E-state index contributed by atoms with van der Waals surface area (Å²) in [6.45, 7) is 5.40. The van der Waals surface area contributed by atoms with Gasteiger partial charge >= 0.3 is 0 Å². The van der Waals surface area contributed by atoms with Crippen LogP contribution in [0.15, 0.2) is 24.3 Å². The van der Waals surface area contributed by atoms with Crippen molar-refractivity contribution in [3.63, 3.8) is 0 Å². The van der Waals surface area contributed by atoms with Crippen molar-refractivity contribution in [1.82, 2.24) is 0 Å². The highest BCUT2D eigenvalue weighted by Gasteiger charge is 2.14. The van der Waals surface area contributed by atoms with Crippen LogP contribution >= 0.6 is 0 Å². The van der Waals surface area contributed by atoms with Gasteiger partial charge in [0.15, 0.2) is 17.5 Å². The van der Waals surface area contributed by atoms with Gasteiger partial charge in [-0.25, -0.2) is 13.2 Å². The number of benzene rings is 1. The maximum atomic E-state index is 12.8. The number of nitrogens with two attached hydrogens (primary N) is 1. The van der Waals surface area contributed by atoms with Crippen LogP contribution in [0.2, 0.25) is 0 Å². The molecule has 15 heavy (non-hydrogen) atoms. The molecule has 1 atom stereocenters. The molecule has 0 aliphatic rings. The minimum Gasteiger partial charge on any atom is -0.324 e. The fraction of sp³-hybridized carbons (Fsp3) is 0.273. The molecule has 0 fully saturated rings. The van der Waals surface area contributed by atoms with E-state index in [-0.39, 0.29) is 5.56 Å². The van der Waals surface area contributed by atoms with Crippen LogP contribution in [0.1, 0.15) is 24.9 Å². The Morgan fingerprint density at radius 1 is 1.33 bits per heavy atom. The first-order valence-corrected chi connectivity index (χ1v) is 4.46. The van der Waals surface area contributed by atoms with Gasteiger partial charge in [0.05, 0.1) is 0 Å². The van der Waals surface area contributed by atoms with Crippen molar-refractivity contribution in [1.29, 1.82) is 0 Å². The summed E-state index contributed by atoms with van der Waals surface area (Å²) in [4.78, 5) is 0. The molecule has 1 aromatic carbocycles. The quantitative estimate of drug-likeness (QED) is 0.608. The van der Waals surface area contributed by atoms with Crippen molar-refractivity contribution in [3.05, 3.63) is 47.3 Å². The molecule has 0 bridgehead atoms. The minimum atomic E-state index is -1.47. The van der Waals surface area contributed by atoms with E-state index < -0.39 is 23.5 Å². The second-order valence-electron chi connectivity index (χ2n) is 3.57. The second-order valence-corrected chi connectivity index (χ2v) is 3.57. The molecular formula is C11H12F3N. The largest absolute Gasteiger partial charge is 0.324 e. The molecule has 1 rings (SSSR count). The van der Waals surface area contributed by atoms with Crippen LogP contribution in [0.25, 0.3) is 0 Å². The van der Waals surface area contributed by atoms with E-state index in [1.165, 1.54) is 0 Å². The van der Waals surface area contributed by atoms with Crippen LogP contribution in [-0.4, -0.2) is 0 Å². The minimum absolute atomic E-state index is 0.231. The average molecular weight is 215 g/mol. The first-order chi connectivity index (χ1) is 6.91. The van der Waals surface area contributed by atoms with E-state index in [1.54, 1.807) is 6.92 Å². The Labute approximate surface area is 86.4 Å². The average Bonchev–Trinajstić information content (AvgIpc) is 2.12. The molecular weight excluding hydrogens is 203 g/mol. The highest BCUT2D eigenvalue weighted by atomic mass is 19.2. The Bertz CT molecular complexity index is 364. The smallest absolute Gasteiger partial charge is 0.194 e. The van der Waals surface area contributed by atoms with Crippen molar-refractivity contribution >= 4 is 0 Å². The van der Waals surface area contributed by atoms with Crippen molar-refractivity contribution in [2.75, 3.05) is 0 Å². The molecule has 0 aliphatic carbocycles. The molecule has 0 radical (unpaired) electrons. The summed E-state index contributed by atoms with van der Waals surface area (Å²) in [5.74, 6) is -3.91. The van der Waals surface area contributed by atoms with Crippen molar-refractivity contribution < 1.29 is 13.2 Å². The van der Waals surface area contributed by atoms with Crippen molar-refractivity contribution in [2.24, 2.45) is 5.73 Å². The monoisotopic (exact) mass is 215 g/mol. The van der Waals surface area contributed by atoms with Crippen LogP contribution in [0.4, 0.5) is 13.2 Å². The van der Waals surface area contributed by atoms with Crippen LogP contribution in [-0.2, 0) is 0 Å². The highest BCUT2D eigenvalue weighted by molar-refractivity contribution is 5.23. The predicted molar refractivity (Wildman–Crippen MR) is 52.7 cm³/mol. The SMILES string of the molecule is C=C(C)C[C@@H](N)c1cc(F)c(F)c(F)c1. The van der Waals surface area contributed by atoms with E-state index in [9.17, 15) is 13.2 Å². The van der Waals surface area contributed by atoms with Gasteiger partial charge in [0.2, 0.25) is 0 Å². The lowest BCUT2D eigenvalue weighted by atomic mass is 10.0. The van der Waals surface area contributed by atoms with Gasteiger partial charge in [-0.1, -0.05) is 5.57 Å². The van der Waals surface area contributed by atoms with Gasteiger partial charge in [-0.15, -0.1) is 6.58 Å². The van der Waals surface area contributed by atoms with Crippen LogP contribution in [0.3, 0.4) is 0 Å². The van der Waals surface area contributed by atoms with Gasteiger partial charge in [-0.2, -0.15) is 0 Å². The van der Waals surface area contributed by atoms with Gasteiger partial charge in [0, 0.05) is 6.04 Å². The van der Waals surface area contributed by atoms with E-state index in [2.05, 4.69) is 6.58 Å². The lowest BCUT2D eigenvalue weighted by molar-refractivity contribution is 0.443. The number of halogens is 3. The number of hydrogen-bond acceptors (Lipinski definition) is 1. The maximum Gasteiger partial charge on any atom is 0.194 e. The fourth-order valence-electron chi connectivity index (χ4n) is 1.28. The standard InChI is InChI=1S/C11H12F3N/c1-6(2)3-10(15)7-4-8(12)11(14)9(13)5-7/h4-5,10H,1,3,15H2,2H3/t10-/m1/s1. The molecule has 0 aliphatic heterocycles. The van der Waals surface area contributed by atoms with E-state index in [0.29, 0.717) is 6.42 Å². The summed E-state index contributed by atoms with van der Waals surface area (Å²) in [6.07, 6.45) is 0.407. The summed E-state index contributed by atoms with van der Waals surface area (Å²) in [5.41, 5.74) is 6.70. The molecule has 1 aromatic rings. The van der Waals surface area contributed by atoms with Crippen molar-refractivity contribution in [2.45, 2.75) is 19.4 Å². The molecule has 0 saturated carbocycles. The molecule has 0 heterocycles. The molecule has 82 valence electrons. The van der Waals surface area contributed by atoms with Crippen LogP contribution in [0, 0.1) is 17.5 Å². The summed E-state index contributed by atoms with van der Waals surface area (Å²) in [6, 6.07) is 1.25. The van der Waals surface area contributed by atoms with Crippen LogP contribution < -0.4 is 5.73 Å². The van der Waals surface area contributed by atoms with E-state index in [0.717, 1.165) is 17.7 Å². The van der Waals surface area contributed by atoms with Gasteiger partial charge in [-0.05, 0) is 31.0 Å². The van der Waals surface area contributed by atoms with Gasteiger partial charge < -0.3 is 5.73 Å². The lowest BCUT2D eigenvalue weighted by Gasteiger charge is -2.12. The fourth-order valence-corrected chi connectivity index (χ4v) is 1.28. The van der Waals surface area contributed by atoms with Gasteiger partial charge in [0.25, 0.3) is 0 Å². The molecule has 4 heteroatoms. The van der Waals surface area contributed by atoms with Crippen molar-refractivity contribution in [3.8, 4) is 0 Å². The summed E-state index contributed by atoms with van der Waals surface area (Å²) in [5, 5.41) is 0. The molecule has 0 amide bonds.